The molecule has 94 valence electrons. The van der Waals surface area contributed by atoms with Crippen molar-refractivity contribution in [2.24, 2.45) is 0 Å². The third-order valence-corrected chi connectivity index (χ3v) is 5.08. The van der Waals surface area contributed by atoms with Gasteiger partial charge in [0.15, 0.2) is 0 Å². The van der Waals surface area contributed by atoms with Crippen LogP contribution in [0, 0.1) is 0 Å². The van der Waals surface area contributed by atoms with Crippen LogP contribution in [0.25, 0.3) is 10.1 Å². The van der Waals surface area contributed by atoms with E-state index in [2.05, 4.69) is 59.9 Å². The van der Waals surface area contributed by atoms with Crippen LogP contribution >= 0.6 is 11.3 Å². The van der Waals surface area contributed by atoms with Gasteiger partial charge < -0.3 is 5.32 Å². The maximum atomic E-state index is 3.68. The predicted octanol–water partition coefficient (Wildman–Crippen LogP) is 4.14. The fourth-order valence-electron chi connectivity index (χ4n) is 2.98. The van der Waals surface area contributed by atoms with E-state index in [0.717, 1.165) is 13.0 Å². The Morgan fingerprint density at radius 2 is 1.74 bits per heavy atom. The van der Waals surface area contributed by atoms with Crippen LogP contribution in [0.4, 0.5) is 0 Å². The monoisotopic (exact) mass is 265 g/mol. The smallest absolute Gasteiger partial charge is 0.0594 e. The number of hydrogen-bond donors (Lipinski definition) is 1. The molecule has 0 amide bonds. The van der Waals surface area contributed by atoms with E-state index in [1.807, 2.05) is 11.3 Å². The first-order chi connectivity index (χ1) is 9.43. The summed E-state index contributed by atoms with van der Waals surface area (Å²) in [7, 11) is 0. The first-order valence-electron chi connectivity index (χ1n) is 6.72. The van der Waals surface area contributed by atoms with Gasteiger partial charge in [-0.25, -0.2) is 0 Å². The van der Waals surface area contributed by atoms with Gasteiger partial charge in [0.25, 0.3) is 0 Å². The van der Waals surface area contributed by atoms with Gasteiger partial charge >= 0.3 is 0 Å². The Morgan fingerprint density at radius 1 is 0.947 bits per heavy atom. The van der Waals surface area contributed by atoms with Gasteiger partial charge in [0, 0.05) is 16.1 Å². The van der Waals surface area contributed by atoms with E-state index in [4.69, 9.17) is 0 Å². The molecule has 19 heavy (non-hydrogen) atoms. The summed E-state index contributed by atoms with van der Waals surface area (Å²) in [6.45, 7) is 1.07. The van der Waals surface area contributed by atoms with Crippen molar-refractivity contribution in [2.45, 2.75) is 12.5 Å². The van der Waals surface area contributed by atoms with Crippen molar-refractivity contribution < 1.29 is 0 Å². The fourth-order valence-corrected chi connectivity index (χ4v) is 4.22. The molecule has 1 atom stereocenters. The summed E-state index contributed by atoms with van der Waals surface area (Å²) in [6.07, 6.45) is 1.15. The predicted molar refractivity (Wildman–Crippen MR) is 81.8 cm³/mol. The number of fused-ring (bicyclic) bond motifs is 3. The van der Waals surface area contributed by atoms with Gasteiger partial charge in [-0.15, -0.1) is 11.3 Å². The number of hydrogen-bond acceptors (Lipinski definition) is 2. The molecule has 1 aliphatic rings. The second-order valence-electron chi connectivity index (χ2n) is 4.98. The van der Waals surface area contributed by atoms with E-state index in [9.17, 15) is 0 Å². The van der Waals surface area contributed by atoms with Gasteiger partial charge in [-0.3, -0.25) is 0 Å². The van der Waals surface area contributed by atoms with Crippen LogP contribution < -0.4 is 5.32 Å². The topological polar surface area (TPSA) is 12.0 Å². The average molecular weight is 265 g/mol. The Bertz CT molecular complexity index is 714. The lowest BCUT2D eigenvalue weighted by Crippen LogP contribution is -2.29. The van der Waals surface area contributed by atoms with Gasteiger partial charge in [0.05, 0.1) is 6.04 Å². The largest absolute Gasteiger partial charge is 0.306 e. The van der Waals surface area contributed by atoms with Crippen LogP contribution in [-0.4, -0.2) is 6.54 Å². The Balaban J connectivity index is 1.95. The molecule has 3 aromatic rings. The maximum absolute atomic E-state index is 3.68. The minimum absolute atomic E-state index is 0.348. The summed E-state index contributed by atoms with van der Waals surface area (Å²) >= 11 is 1.96. The SMILES string of the molecule is c1ccc(C2NCCc3sc4ccccc4c32)cc1. The van der Waals surface area contributed by atoms with Crippen LogP contribution in [0.3, 0.4) is 0 Å². The summed E-state index contributed by atoms with van der Waals surface area (Å²) in [6, 6.07) is 19.9. The molecule has 4 rings (SSSR count). The summed E-state index contributed by atoms with van der Waals surface area (Å²) in [5.74, 6) is 0. The molecule has 2 heterocycles. The quantitative estimate of drug-likeness (QED) is 0.697. The van der Waals surface area contributed by atoms with Crippen molar-refractivity contribution in [1.82, 2.24) is 5.32 Å². The summed E-state index contributed by atoms with van der Waals surface area (Å²) in [4.78, 5) is 1.55. The van der Waals surface area contributed by atoms with Gasteiger partial charge in [0.2, 0.25) is 0 Å². The molecule has 0 fully saturated rings. The van der Waals surface area contributed by atoms with E-state index in [0.29, 0.717) is 6.04 Å². The van der Waals surface area contributed by atoms with Crippen LogP contribution in [0.2, 0.25) is 0 Å². The Hall–Kier alpha value is -1.64. The zero-order valence-electron chi connectivity index (χ0n) is 10.6. The normalized spacial score (nSPS) is 18.4. The average Bonchev–Trinajstić information content (AvgIpc) is 2.86. The molecule has 0 saturated heterocycles. The van der Waals surface area contributed by atoms with Gasteiger partial charge in [0.1, 0.15) is 0 Å². The fraction of sp³-hybridized carbons (Fsp3) is 0.176. The van der Waals surface area contributed by atoms with Gasteiger partial charge in [-0.1, -0.05) is 48.5 Å². The number of benzene rings is 2. The minimum atomic E-state index is 0.348. The van der Waals surface area contributed by atoms with Gasteiger partial charge in [-0.2, -0.15) is 0 Å². The lowest BCUT2D eigenvalue weighted by molar-refractivity contribution is 0.578. The highest BCUT2D eigenvalue weighted by molar-refractivity contribution is 7.19. The molecule has 1 unspecified atom stereocenters. The molecule has 1 N–H and O–H groups in total. The molecule has 0 radical (unpaired) electrons. The van der Waals surface area contributed by atoms with Crippen LogP contribution in [0.1, 0.15) is 22.0 Å². The van der Waals surface area contributed by atoms with Crippen molar-refractivity contribution in [3.63, 3.8) is 0 Å². The molecular formula is C17H15NS. The molecule has 0 saturated carbocycles. The maximum Gasteiger partial charge on any atom is 0.0594 e. The van der Waals surface area contributed by atoms with Crippen LogP contribution in [-0.2, 0) is 6.42 Å². The molecule has 1 aromatic heterocycles. The molecule has 2 heteroatoms. The zero-order chi connectivity index (χ0) is 12.7. The number of nitrogens with one attached hydrogen (secondary N) is 1. The summed E-state index contributed by atoms with van der Waals surface area (Å²) in [5, 5.41) is 5.10. The number of thiophene rings is 1. The first-order valence-corrected chi connectivity index (χ1v) is 7.54. The van der Waals surface area contributed by atoms with Crippen molar-refractivity contribution in [3.05, 3.63) is 70.6 Å². The third-order valence-electron chi connectivity index (χ3n) is 3.83. The molecule has 0 bridgehead atoms. The highest BCUT2D eigenvalue weighted by Gasteiger charge is 2.25. The minimum Gasteiger partial charge on any atom is -0.306 e. The van der Waals surface area contributed by atoms with E-state index in [-0.39, 0.29) is 0 Å². The van der Waals surface area contributed by atoms with Gasteiger partial charge in [-0.05, 0) is 29.0 Å². The summed E-state index contributed by atoms with van der Waals surface area (Å²) < 4.78 is 1.41. The van der Waals surface area contributed by atoms with Crippen molar-refractivity contribution in [3.8, 4) is 0 Å². The molecule has 1 nitrogen and oxygen atoms in total. The molecule has 0 spiro atoms. The van der Waals surface area contributed by atoms with E-state index in [1.165, 1.54) is 21.2 Å². The summed E-state index contributed by atoms with van der Waals surface area (Å²) in [5.41, 5.74) is 2.87. The highest BCUT2D eigenvalue weighted by atomic mass is 32.1. The standard InChI is InChI=1S/C17H15NS/c1-2-6-12(7-3-1)17-16-13-8-4-5-9-14(13)19-15(16)10-11-18-17/h1-9,17-18H,10-11H2. The second-order valence-corrected chi connectivity index (χ2v) is 6.12. The molecular weight excluding hydrogens is 250 g/mol. The van der Waals surface area contributed by atoms with Crippen molar-refractivity contribution in [1.29, 1.82) is 0 Å². The molecule has 2 aromatic carbocycles. The van der Waals surface area contributed by atoms with Crippen molar-refractivity contribution >= 4 is 21.4 Å². The van der Waals surface area contributed by atoms with Crippen molar-refractivity contribution in [2.75, 3.05) is 6.54 Å². The Kier molecular flexibility index (Phi) is 2.64. The lowest BCUT2D eigenvalue weighted by atomic mass is 9.93. The third kappa shape index (κ3) is 1.79. The Morgan fingerprint density at radius 3 is 2.63 bits per heavy atom. The van der Waals surface area contributed by atoms with Crippen LogP contribution in [0.15, 0.2) is 54.6 Å². The first kappa shape index (κ1) is 11.2. The zero-order valence-corrected chi connectivity index (χ0v) is 11.4. The lowest BCUT2D eigenvalue weighted by Gasteiger charge is -2.25. The second kappa shape index (κ2) is 4.48. The van der Waals surface area contributed by atoms with E-state index >= 15 is 0 Å². The molecule has 0 aliphatic carbocycles. The number of rotatable bonds is 1. The molecule has 1 aliphatic heterocycles. The Labute approximate surface area is 116 Å². The van der Waals surface area contributed by atoms with E-state index < -0.39 is 0 Å². The highest BCUT2D eigenvalue weighted by Crippen LogP contribution is 2.39. The van der Waals surface area contributed by atoms with Crippen LogP contribution in [0.5, 0.6) is 0 Å². The van der Waals surface area contributed by atoms with E-state index in [1.54, 1.807) is 4.88 Å².